The third-order valence-electron chi connectivity index (χ3n) is 7.89. The Bertz CT molecular complexity index is 681. The van der Waals surface area contributed by atoms with Gasteiger partial charge in [-0.1, -0.05) is 55.4 Å². The third-order valence-corrected chi connectivity index (χ3v) is 14.6. The van der Waals surface area contributed by atoms with Crippen molar-refractivity contribution in [1.29, 1.82) is 0 Å². The Balaban J connectivity index is 2.21. The highest BCUT2D eigenvalue weighted by Gasteiger charge is 2.51. The first kappa shape index (κ1) is 20.7. The predicted molar refractivity (Wildman–Crippen MR) is 117 cm³/mol. The SMILES string of the molecule is CC(C)[C@]12CCCC(=O)N1CCc1cn([Si](C(C)C)(C(C)C)C(C)C)cc12. The molecule has 3 rings (SSSR count). The van der Waals surface area contributed by atoms with Gasteiger partial charge in [-0.05, 0) is 59.1 Å². The van der Waals surface area contributed by atoms with Crippen LogP contribution >= 0.6 is 0 Å². The molecule has 1 aromatic rings. The standard InChI is InChI=1S/C23H40N2OSi/c1-16(2)23-12-9-10-22(26)25(23)13-11-20-14-24(15-21(20)23)27(17(3)4,18(5)6)19(7)8/h14-19H,9-13H2,1-8H3/t23-/m0/s1. The second-order valence-electron chi connectivity index (χ2n) is 10.2. The molecular weight excluding hydrogens is 348 g/mol. The minimum absolute atomic E-state index is 0.0841. The highest BCUT2D eigenvalue weighted by molar-refractivity contribution is 6.82. The molecule has 1 saturated heterocycles. The van der Waals surface area contributed by atoms with Crippen molar-refractivity contribution in [2.45, 2.75) is 103 Å². The summed E-state index contributed by atoms with van der Waals surface area (Å²) in [5, 5.41) is 0. The van der Waals surface area contributed by atoms with Crippen molar-refractivity contribution in [1.82, 2.24) is 9.13 Å². The summed E-state index contributed by atoms with van der Waals surface area (Å²) in [6.07, 6.45) is 8.90. The van der Waals surface area contributed by atoms with Gasteiger partial charge in [0, 0.05) is 19.2 Å². The van der Waals surface area contributed by atoms with Crippen LogP contribution in [0, 0.1) is 5.92 Å². The molecule has 3 nitrogen and oxygen atoms in total. The Hall–Kier alpha value is -1.03. The zero-order valence-electron chi connectivity index (χ0n) is 18.8. The van der Waals surface area contributed by atoms with E-state index in [-0.39, 0.29) is 5.54 Å². The molecule has 152 valence electrons. The number of hydrogen-bond donors (Lipinski definition) is 0. The molecule has 2 aliphatic rings. The summed E-state index contributed by atoms with van der Waals surface area (Å²) in [5.74, 6) is 0.818. The zero-order chi connectivity index (χ0) is 20.1. The molecule has 1 fully saturated rings. The molecule has 0 N–H and O–H groups in total. The van der Waals surface area contributed by atoms with Gasteiger partial charge in [-0.3, -0.25) is 4.79 Å². The van der Waals surface area contributed by atoms with E-state index >= 15 is 0 Å². The van der Waals surface area contributed by atoms with E-state index in [0.29, 0.717) is 28.4 Å². The van der Waals surface area contributed by atoms with Crippen LogP contribution in [0.1, 0.15) is 85.8 Å². The first-order chi connectivity index (χ1) is 12.6. The summed E-state index contributed by atoms with van der Waals surface area (Å²) < 4.78 is 2.70. The maximum Gasteiger partial charge on any atom is 0.223 e. The largest absolute Gasteiger partial charge is 0.379 e. The molecule has 0 spiro atoms. The monoisotopic (exact) mass is 388 g/mol. The van der Waals surface area contributed by atoms with Crippen molar-refractivity contribution in [3.63, 3.8) is 0 Å². The van der Waals surface area contributed by atoms with Crippen LogP contribution in [0.3, 0.4) is 0 Å². The lowest BCUT2D eigenvalue weighted by Crippen LogP contribution is -2.58. The van der Waals surface area contributed by atoms with E-state index in [0.717, 1.165) is 32.2 Å². The number of aromatic nitrogens is 1. The maximum absolute atomic E-state index is 12.8. The zero-order valence-corrected chi connectivity index (χ0v) is 19.8. The van der Waals surface area contributed by atoms with E-state index < -0.39 is 8.24 Å². The molecule has 3 heterocycles. The Morgan fingerprint density at radius 3 is 2.04 bits per heavy atom. The first-order valence-electron chi connectivity index (χ1n) is 11.1. The van der Waals surface area contributed by atoms with Crippen LogP contribution in [-0.2, 0) is 16.8 Å². The summed E-state index contributed by atoms with van der Waals surface area (Å²) in [6.45, 7) is 20.1. The van der Waals surface area contributed by atoms with Crippen molar-refractivity contribution < 1.29 is 4.79 Å². The number of amides is 1. The Labute approximate surface area is 167 Å². The molecule has 1 atom stereocenters. The Morgan fingerprint density at radius 2 is 1.52 bits per heavy atom. The van der Waals surface area contributed by atoms with Crippen molar-refractivity contribution in [2.24, 2.45) is 5.92 Å². The number of hydrogen-bond acceptors (Lipinski definition) is 1. The summed E-state index contributed by atoms with van der Waals surface area (Å²) >= 11 is 0. The molecule has 0 bridgehead atoms. The number of rotatable bonds is 5. The van der Waals surface area contributed by atoms with Crippen molar-refractivity contribution in [3.8, 4) is 0 Å². The van der Waals surface area contributed by atoms with Crippen LogP contribution in [-0.4, -0.2) is 29.8 Å². The molecule has 0 unspecified atom stereocenters. The minimum atomic E-state index is -1.75. The average molecular weight is 389 g/mol. The number of nitrogens with zero attached hydrogens (tertiary/aromatic N) is 2. The minimum Gasteiger partial charge on any atom is -0.379 e. The smallest absolute Gasteiger partial charge is 0.223 e. The van der Waals surface area contributed by atoms with E-state index in [4.69, 9.17) is 0 Å². The van der Waals surface area contributed by atoms with E-state index in [9.17, 15) is 4.79 Å². The van der Waals surface area contributed by atoms with E-state index in [1.807, 2.05) is 0 Å². The van der Waals surface area contributed by atoms with Crippen LogP contribution in [0.15, 0.2) is 12.4 Å². The molecule has 1 amide bonds. The van der Waals surface area contributed by atoms with Crippen molar-refractivity contribution in [2.75, 3.05) is 6.54 Å². The number of carbonyl (C=O) groups is 1. The van der Waals surface area contributed by atoms with Crippen LogP contribution in [0.2, 0.25) is 16.6 Å². The Kier molecular flexibility index (Phi) is 5.44. The van der Waals surface area contributed by atoms with Gasteiger partial charge in [0.2, 0.25) is 5.91 Å². The van der Waals surface area contributed by atoms with Gasteiger partial charge >= 0.3 is 0 Å². The molecule has 0 saturated carbocycles. The third kappa shape index (κ3) is 2.77. The maximum atomic E-state index is 12.8. The molecule has 0 aliphatic carbocycles. The van der Waals surface area contributed by atoms with Gasteiger partial charge in [-0.2, -0.15) is 0 Å². The first-order valence-corrected chi connectivity index (χ1v) is 13.3. The van der Waals surface area contributed by atoms with Crippen molar-refractivity contribution in [3.05, 3.63) is 23.5 Å². The molecular formula is C23H40N2OSi. The van der Waals surface area contributed by atoms with Gasteiger partial charge in [0.1, 0.15) is 0 Å². The van der Waals surface area contributed by atoms with Gasteiger partial charge in [-0.15, -0.1) is 0 Å². The molecule has 0 radical (unpaired) electrons. The lowest BCUT2D eigenvalue weighted by molar-refractivity contribution is -0.146. The van der Waals surface area contributed by atoms with Gasteiger partial charge in [0.25, 0.3) is 0 Å². The quantitative estimate of drug-likeness (QED) is 0.574. The number of carbonyl (C=O) groups excluding carboxylic acids is 1. The van der Waals surface area contributed by atoms with Crippen LogP contribution in [0.25, 0.3) is 0 Å². The Morgan fingerprint density at radius 1 is 0.926 bits per heavy atom. The molecule has 0 aromatic carbocycles. The van der Waals surface area contributed by atoms with Gasteiger partial charge < -0.3 is 9.13 Å². The van der Waals surface area contributed by atoms with Gasteiger partial charge in [-0.25, -0.2) is 0 Å². The predicted octanol–water partition coefficient (Wildman–Crippen LogP) is 5.93. The lowest BCUT2D eigenvalue weighted by Gasteiger charge is -2.53. The molecule has 27 heavy (non-hydrogen) atoms. The topological polar surface area (TPSA) is 25.2 Å². The summed E-state index contributed by atoms with van der Waals surface area (Å²) in [4.78, 5) is 15.1. The average Bonchev–Trinajstić information content (AvgIpc) is 2.99. The van der Waals surface area contributed by atoms with Gasteiger partial charge in [0.05, 0.1) is 5.54 Å². The van der Waals surface area contributed by atoms with E-state index in [2.05, 4.69) is 76.9 Å². The van der Waals surface area contributed by atoms with Gasteiger partial charge in [0.15, 0.2) is 8.24 Å². The van der Waals surface area contributed by atoms with Crippen LogP contribution < -0.4 is 0 Å². The fourth-order valence-corrected chi connectivity index (χ4v) is 13.5. The normalized spacial score (nSPS) is 23.6. The van der Waals surface area contributed by atoms with E-state index in [1.165, 1.54) is 11.1 Å². The second-order valence-corrected chi connectivity index (χ2v) is 15.9. The van der Waals surface area contributed by atoms with Crippen LogP contribution in [0.4, 0.5) is 0 Å². The highest BCUT2D eigenvalue weighted by atomic mass is 28.3. The lowest BCUT2D eigenvalue weighted by atomic mass is 9.70. The summed E-state index contributed by atoms with van der Waals surface area (Å²) in [5.41, 5.74) is 4.95. The fraction of sp³-hybridized carbons (Fsp3) is 0.783. The van der Waals surface area contributed by atoms with E-state index in [1.54, 1.807) is 0 Å². The molecule has 1 aromatic heterocycles. The summed E-state index contributed by atoms with van der Waals surface area (Å²) in [6, 6.07) is 0. The van der Waals surface area contributed by atoms with Crippen LogP contribution in [0.5, 0.6) is 0 Å². The highest BCUT2D eigenvalue weighted by Crippen LogP contribution is 2.50. The fourth-order valence-electron chi connectivity index (χ4n) is 6.95. The second kappa shape index (κ2) is 7.09. The number of piperidine rings is 1. The van der Waals surface area contributed by atoms with Crippen molar-refractivity contribution >= 4 is 14.1 Å². The molecule has 4 heteroatoms. The summed E-state index contributed by atoms with van der Waals surface area (Å²) in [7, 11) is -1.75. The number of fused-ring (bicyclic) bond motifs is 3. The molecule has 2 aliphatic heterocycles.